The molecule has 20 rings (SSSR count). The maximum Gasteiger partial charge on any atom is 0.0775 e. The highest BCUT2D eigenvalue weighted by atomic mass is 28.3. The largest absolute Gasteiger partial charge is 0.310 e. The monoisotopic (exact) mass is 2050 g/mol. The Bertz CT molecular complexity index is 6940. The van der Waals surface area contributed by atoms with Gasteiger partial charge in [0.05, 0.1) is 64.6 Å². The van der Waals surface area contributed by atoms with Crippen molar-refractivity contribution in [2.75, 3.05) is 19.6 Å². The summed E-state index contributed by atoms with van der Waals surface area (Å²) in [6.45, 7) is 78.9. The zero-order valence-electron chi connectivity index (χ0n) is 93.4. The van der Waals surface area contributed by atoms with Gasteiger partial charge in [-0.25, -0.2) is 0 Å². The molecule has 0 heterocycles. The molecule has 0 saturated heterocycles. The molecule has 4 unspecified atom stereocenters. The highest BCUT2D eigenvalue weighted by Gasteiger charge is 2.71. The van der Waals surface area contributed by atoms with E-state index in [1.54, 1.807) is 0 Å². The first kappa shape index (κ1) is 103. The smallest absolute Gasteiger partial charge is 0.0775 e. The summed E-state index contributed by atoms with van der Waals surface area (Å²) in [6, 6.07) is 143. The summed E-state index contributed by atoms with van der Waals surface area (Å²) in [6.07, 6.45) is 0. The molecule has 16 aromatic carbocycles. The molecule has 0 bridgehead atoms. The van der Waals surface area contributed by atoms with E-state index >= 15 is 0 Å². The first-order chi connectivity index (χ1) is 68.5. The fourth-order valence-electron chi connectivity index (χ4n) is 25.4. The van der Waals surface area contributed by atoms with Crippen LogP contribution in [-0.2, 0) is 21.7 Å². The van der Waals surface area contributed by atoms with Crippen LogP contribution < -0.4 is 61.1 Å². The molecular weight excluding hydrogens is 1890 g/mol. The Hall–Kier alpha value is -11.5. The van der Waals surface area contributed by atoms with Crippen LogP contribution in [0.1, 0.15) is 99.9 Å². The van der Waals surface area contributed by atoms with Crippen molar-refractivity contribution < 1.29 is 0 Å². The molecule has 0 amide bonds. The van der Waals surface area contributed by atoms with Crippen LogP contribution >= 0.6 is 0 Å². The molecule has 4 aliphatic carbocycles. The maximum absolute atomic E-state index is 2.63. The molecule has 146 heavy (non-hydrogen) atoms. The number of rotatable bonds is 22. The summed E-state index contributed by atoms with van der Waals surface area (Å²) >= 11 is 0. The lowest BCUT2D eigenvalue weighted by atomic mass is 9.39. The van der Waals surface area contributed by atoms with Crippen molar-refractivity contribution in [3.63, 3.8) is 0 Å². The average molecular weight is 2050 g/mol. The topological polar surface area (TPSA) is 13.0 Å². The predicted octanol–water partition coefficient (Wildman–Crippen LogP) is 34.2. The van der Waals surface area contributed by atoms with Gasteiger partial charge in [0.25, 0.3) is 0 Å². The van der Waals surface area contributed by atoms with Crippen molar-refractivity contribution in [1.29, 1.82) is 0 Å². The third-order valence-corrected chi connectivity index (χ3v) is 50.0. The van der Waals surface area contributed by atoms with Gasteiger partial charge < -0.3 is 19.6 Å². The second-order valence-electron chi connectivity index (χ2n) is 53.1. The number of nitrogens with zero attached hydrogens (tertiary/aromatic N) is 4. The average Bonchev–Trinajstić information content (AvgIpc) is 1.46. The van der Waals surface area contributed by atoms with Gasteiger partial charge in [0.2, 0.25) is 0 Å². The normalized spacial score (nSPS) is 17.4. The lowest BCUT2D eigenvalue weighted by Crippen LogP contribution is -2.62. The SMILES string of the molecule is CC(C)(C)C1(C2(C(C)(C)C)c3ccccc3-c3ccc(N(c4ccc([Si](C)(C)C)cc4)c4ccc([Si](C)(C)C)cc4)cc32)c2ccccc2-c2ccc(N(c3ccc([Si](C)(C)C)cc3)c3ccc([Si](C)(C)C)cc3)cc21.CC1(C2(C)c3ccccc3-c3ccc(N(c4ccc([Si](C)(C)C)cc4)c4ccc([Si](C)(C)C)cc4)cc32)c2ccccc2-c2ccc(N(c3ccc([Si](C)(C)C)cc3)c3ccc([Si](C)(C)C)cc3)cc21. The number of benzene rings is 16. The lowest BCUT2D eigenvalue weighted by Gasteiger charge is -2.62. The first-order valence-electron chi connectivity index (χ1n) is 53.5. The molecule has 16 aromatic rings. The third-order valence-electron chi connectivity index (χ3n) is 33.4. The van der Waals surface area contributed by atoms with E-state index in [0.717, 1.165) is 0 Å². The molecule has 0 radical (unpaired) electrons. The summed E-state index contributed by atoms with van der Waals surface area (Å²) in [5.41, 5.74) is 33.2. The zero-order chi connectivity index (χ0) is 105. The molecule has 0 N–H and O–H groups in total. The number of hydrogen-bond acceptors (Lipinski definition) is 4. The maximum atomic E-state index is 2.63. The standard InChI is InChI=1S/C70H84N2Si4.C64H72N2Si4/c1-67(2,3)69(63-25-21-19-23-59(63)61-45-35-53(47-65(61)69)71(49-27-37-55(38-28-49)73(7,8)9)50-29-39-56(40-30-50)74(10,11)12)70(68(4,5)6)64-26-22-20-24-60(64)62-46-36-54(48-66(62)70)72(51-31-41-57(42-32-51)75(13,14)15)52-33-43-58(44-34-52)76(16,17)18;1-63(59-21-17-15-19-55(59)57-41-31-49(43-61(57)63)65(45-23-33-51(34-24-45)67(3,4)5)46-25-35-52(36-26-46)68(6,7)8)64(2)60-22-18-16-20-56(60)58-42-32-50(44-62(58)64)66(47-27-37-53(38-28-47)69(9,10)11)48-29-39-54(40-30-48)70(12,13)14/h19-48H,1-18H3;15-44H,1-14H3. The van der Waals surface area contributed by atoms with Crippen molar-refractivity contribution in [3.8, 4) is 44.5 Å². The van der Waals surface area contributed by atoms with Gasteiger partial charge in [-0.05, 0) is 245 Å². The summed E-state index contributed by atoms with van der Waals surface area (Å²) in [4.78, 5) is 10.1. The van der Waals surface area contributed by atoms with E-state index in [1.165, 1.54) is 199 Å². The van der Waals surface area contributed by atoms with Gasteiger partial charge in [-0.3, -0.25) is 0 Å². The van der Waals surface area contributed by atoms with Crippen LogP contribution in [0, 0.1) is 10.8 Å². The van der Waals surface area contributed by atoms with Gasteiger partial charge in [-0.1, -0.05) is 472 Å². The van der Waals surface area contributed by atoms with Crippen molar-refractivity contribution in [3.05, 3.63) is 408 Å². The minimum atomic E-state index is -1.55. The van der Waals surface area contributed by atoms with Crippen LogP contribution in [0.25, 0.3) is 44.5 Å². The Morgan fingerprint density at radius 2 is 0.288 bits per heavy atom. The molecule has 4 aliphatic rings. The van der Waals surface area contributed by atoms with E-state index in [2.05, 4.69) is 596 Å². The van der Waals surface area contributed by atoms with E-state index in [0.29, 0.717) is 0 Å². The van der Waals surface area contributed by atoms with Crippen LogP contribution in [0.15, 0.2) is 364 Å². The Kier molecular flexibility index (Phi) is 25.9. The number of hydrogen-bond donors (Lipinski definition) is 0. The van der Waals surface area contributed by atoms with Crippen LogP contribution in [-0.4, -0.2) is 64.6 Å². The molecular formula is C134H156N4Si8. The highest BCUT2D eigenvalue weighted by molar-refractivity contribution is 6.92. The van der Waals surface area contributed by atoms with E-state index in [-0.39, 0.29) is 10.8 Å². The minimum absolute atomic E-state index is 0.313. The van der Waals surface area contributed by atoms with E-state index in [9.17, 15) is 0 Å². The molecule has 4 nitrogen and oxygen atoms in total. The Labute approximate surface area is 884 Å². The first-order valence-corrected chi connectivity index (χ1v) is 81.5. The second-order valence-corrected chi connectivity index (χ2v) is 93.7. The van der Waals surface area contributed by atoms with Crippen LogP contribution in [0.5, 0.6) is 0 Å². The Morgan fingerprint density at radius 1 is 0.151 bits per heavy atom. The Morgan fingerprint density at radius 3 is 0.459 bits per heavy atom. The second kappa shape index (κ2) is 36.7. The third kappa shape index (κ3) is 17.6. The van der Waals surface area contributed by atoms with Gasteiger partial charge in [0, 0.05) is 89.9 Å². The van der Waals surface area contributed by atoms with E-state index in [1.807, 2.05) is 0 Å². The van der Waals surface area contributed by atoms with Crippen molar-refractivity contribution in [2.45, 2.75) is 234 Å². The van der Waals surface area contributed by atoms with Crippen molar-refractivity contribution >= 4 is 174 Å². The molecule has 0 aliphatic heterocycles. The van der Waals surface area contributed by atoms with Gasteiger partial charge in [-0.15, -0.1) is 0 Å². The van der Waals surface area contributed by atoms with E-state index < -0.39 is 86.3 Å². The van der Waals surface area contributed by atoms with Crippen LogP contribution in [0.3, 0.4) is 0 Å². The summed E-state index contributed by atoms with van der Waals surface area (Å²) < 4.78 is 0. The molecule has 0 fully saturated rings. The number of fused-ring (bicyclic) bond motifs is 12. The van der Waals surface area contributed by atoms with Gasteiger partial charge in [-0.2, -0.15) is 0 Å². The lowest BCUT2D eigenvalue weighted by molar-refractivity contribution is 0.0594. The fraction of sp³-hybridized carbons (Fsp3) is 0.284. The molecule has 12 heteroatoms. The van der Waals surface area contributed by atoms with Crippen molar-refractivity contribution in [2.24, 2.45) is 10.8 Å². The fourth-order valence-corrected chi connectivity index (χ4v) is 34.7. The summed E-state index contributed by atoms with van der Waals surface area (Å²) in [5.74, 6) is 0. The zero-order valence-corrected chi connectivity index (χ0v) is 101. The van der Waals surface area contributed by atoms with Gasteiger partial charge in [0.15, 0.2) is 0 Å². The van der Waals surface area contributed by atoms with Gasteiger partial charge in [0.1, 0.15) is 0 Å². The summed E-state index contributed by atoms with van der Waals surface area (Å²) in [5, 5.41) is 11.8. The molecule has 744 valence electrons. The van der Waals surface area contributed by atoms with E-state index in [4.69, 9.17) is 0 Å². The summed E-state index contributed by atoms with van der Waals surface area (Å²) in [7, 11) is -12.3. The highest BCUT2D eigenvalue weighted by Crippen LogP contribution is 2.76. The minimum Gasteiger partial charge on any atom is -0.310 e. The Balaban J connectivity index is 0.000000185. The molecule has 0 spiro atoms. The van der Waals surface area contributed by atoms with Crippen LogP contribution in [0.2, 0.25) is 157 Å². The number of anilines is 12. The van der Waals surface area contributed by atoms with Gasteiger partial charge >= 0.3 is 0 Å². The predicted molar refractivity (Wildman–Crippen MR) is 663 cm³/mol. The molecule has 0 aromatic heterocycles. The van der Waals surface area contributed by atoms with Crippen LogP contribution in [0.4, 0.5) is 68.2 Å². The van der Waals surface area contributed by atoms with Crippen molar-refractivity contribution in [1.82, 2.24) is 0 Å². The quantitative estimate of drug-likeness (QED) is 0.0627. The molecule has 0 saturated carbocycles. The molecule has 4 atom stereocenters.